The molecule has 0 radical (unpaired) electrons. The van der Waals surface area contributed by atoms with Crippen molar-refractivity contribution in [1.82, 2.24) is 5.43 Å². The van der Waals surface area contributed by atoms with Crippen molar-refractivity contribution in [2.24, 2.45) is 5.10 Å². The number of benzene rings is 2. The molecule has 0 saturated heterocycles. The standard InChI is InChI=1S/C17H16F2N2O/c1-2-5-16(12-8-10-13(18)11-9-12)20-21-17(22)14-6-3-4-7-15(14)19/h3-4,6-11H,2,5H2,1H3,(H,21,22). The van der Waals surface area contributed by atoms with Gasteiger partial charge in [0.05, 0.1) is 11.3 Å². The zero-order valence-corrected chi connectivity index (χ0v) is 12.1. The lowest BCUT2D eigenvalue weighted by Gasteiger charge is -2.07. The van der Waals surface area contributed by atoms with Gasteiger partial charge >= 0.3 is 0 Å². The van der Waals surface area contributed by atoms with Crippen LogP contribution in [0.2, 0.25) is 0 Å². The third-order valence-corrected chi connectivity index (χ3v) is 3.08. The Morgan fingerprint density at radius 2 is 1.77 bits per heavy atom. The van der Waals surface area contributed by atoms with E-state index in [2.05, 4.69) is 10.5 Å². The van der Waals surface area contributed by atoms with Crippen LogP contribution >= 0.6 is 0 Å². The molecule has 0 saturated carbocycles. The van der Waals surface area contributed by atoms with E-state index in [1.807, 2.05) is 6.92 Å². The van der Waals surface area contributed by atoms with Gasteiger partial charge in [-0.2, -0.15) is 5.10 Å². The number of amides is 1. The quantitative estimate of drug-likeness (QED) is 0.660. The minimum Gasteiger partial charge on any atom is -0.267 e. The Labute approximate surface area is 127 Å². The van der Waals surface area contributed by atoms with E-state index in [-0.39, 0.29) is 11.4 Å². The van der Waals surface area contributed by atoms with E-state index in [1.54, 1.807) is 18.2 Å². The normalized spacial score (nSPS) is 11.3. The number of carbonyl (C=O) groups excluding carboxylic acids is 1. The molecule has 2 aromatic rings. The second-order valence-corrected chi connectivity index (χ2v) is 4.74. The topological polar surface area (TPSA) is 41.5 Å². The SMILES string of the molecule is CCCC(=NNC(=O)c1ccccc1F)c1ccc(F)cc1. The molecule has 114 valence electrons. The van der Waals surface area contributed by atoms with Crippen molar-refractivity contribution in [3.8, 4) is 0 Å². The second-order valence-electron chi connectivity index (χ2n) is 4.74. The molecule has 0 aliphatic rings. The van der Waals surface area contributed by atoms with Crippen LogP contribution in [0, 0.1) is 11.6 Å². The fourth-order valence-electron chi connectivity index (χ4n) is 1.97. The van der Waals surface area contributed by atoms with E-state index >= 15 is 0 Å². The summed E-state index contributed by atoms with van der Waals surface area (Å²) in [7, 11) is 0. The number of hydrazone groups is 1. The Balaban J connectivity index is 2.18. The van der Waals surface area contributed by atoms with E-state index in [4.69, 9.17) is 0 Å². The Morgan fingerprint density at radius 3 is 2.41 bits per heavy atom. The summed E-state index contributed by atoms with van der Waals surface area (Å²) in [6.07, 6.45) is 1.43. The fraction of sp³-hybridized carbons (Fsp3) is 0.176. The molecule has 0 aliphatic heterocycles. The van der Waals surface area contributed by atoms with Gasteiger partial charge in [-0.1, -0.05) is 37.6 Å². The first-order valence-electron chi connectivity index (χ1n) is 6.99. The zero-order chi connectivity index (χ0) is 15.9. The summed E-state index contributed by atoms with van der Waals surface area (Å²) in [5.74, 6) is -1.56. The van der Waals surface area contributed by atoms with Crippen LogP contribution in [0.15, 0.2) is 53.6 Å². The average molecular weight is 302 g/mol. The molecule has 2 aromatic carbocycles. The smallest absolute Gasteiger partial charge is 0.267 e. The highest BCUT2D eigenvalue weighted by atomic mass is 19.1. The van der Waals surface area contributed by atoms with Crippen molar-refractivity contribution in [3.05, 3.63) is 71.3 Å². The van der Waals surface area contributed by atoms with Crippen LogP contribution in [0.5, 0.6) is 0 Å². The van der Waals surface area contributed by atoms with Crippen molar-refractivity contribution in [2.75, 3.05) is 0 Å². The van der Waals surface area contributed by atoms with Crippen molar-refractivity contribution in [1.29, 1.82) is 0 Å². The first kappa shape index (κ1) is 15.8. The summed E-state index contributed by atoms with van der Waals surface area (Å²) in [4.78, 5) is 11.9. The number of nitrogens with one attached hydrogen (secondary N) is 1. The van der Waals surface area contributed by atoms with Crippen LogP contribution < -0.4 is 5.43 Å². The van der Waals surface area contributed by atoms with Gasteiger partial charge in [0.2, 0.25) is 0 Å². The van der Waals surface area contributed by atoms with Gasteiger partial charge in [-0.25, -0.2) is 14.2 Å². The van der Waals surface area contributed by atoms with Gasteiger partial charge in [0.15, 0.2) is 0 Å². The van der Waals surface area contributed by atoms with Crippen molar-refractivity contribution in [2.45, 2.75) is 19.8 Å². The highest BCUT2D eigenvalue weighted by molar-refractivity contribution is 6.02. The molecule has 1 amide bonds. The average Bonchev–Trinajstić information content (AvgIpc) is 2.52. The lowest BCUT2D eigenvalue weighted by Crippen LogP contribution is -2.21. The number of nitrogens with zero attached hydrogens (tertiary/aromatic N) is 1. The van der Waals surface area contributed by atoms with Crippen LogP contribution in [0.1, 0.15) is 35.7 Å². The molecule has 0 aromatic heterocycles. The van der Waals surface area contributed by atoms with Crippen LogP contribution in [0.4, 0.5) is 8.78 Å². The number of hydrogen-bond acceptors (Lipinski definition) is 2. The number of hydrogen-bond donors (Lipinski definition) is 1. The van der Waals surface area contributed by atoms with E-state index in [0.29, 0.717) is 12.1 Å². The van der Waals surface area contributed by atoms with Gasteiger partial charge in [0.25, 0.3) is 5.91 Å². The molecule has 1 N–H and O–H groups in total. The van der Waals surface area contributed by atoms with E-state index in [0.717, 1.165) is 12.0 Å². The largest absolute Gasteiger partial charge is 0.274 e. The molecule has 0 aliphatic carbocycles. The maximum atomic E-state index is 13.5. The number of halogens is 2. The predicted octanol–water partition coefficient (Wildman–Crippen LogP) is 3.90. The summed E-state index contributed by atoms with van der Waals surface area (Å²) in [6, 6.07) is 11.5. The summed E-state index contributed by atoms with van der Waals surface area (Å²) >= 11 is 0. The molecule has 5 heteroatoms. The molecular weight excluding hydrogens is 286 g/mol. The molecule has 3 nitrogen and oxygen atoms in total. The minimum absolute atomic E-state index is 0.0683. The van der Waals surface area contributed by atoms with Gasteiger partial charge in [0, 0.05) is 0 Å². The van der Waals surface area contributed by atoms with Gasteiger partial charge in [-0.3, -0.25) is 4.79 Å². The van der Waals surface area contributed by atoms with E-state index in [9.17, 15) is 13.6 Å². The lowest BCUT2D eigenvalue weighted by atomic mass is 10.1. The Hall–Kier alpha value is -2.56. The van der Waals surface area contributed by atoms with Gasteiger partial charge in [-0.15, -0.1) is 0 Å². The molecule has 0 bridgehead atoms. The van der Waals surface area contributed by atoms with E-state index in [1.165, 1.54) is 30.3 Å². The van der Waals surface area contributed by atoms with Crippen LogP contribution in [0.25, 0.3) is 0 Å². The highest BCUT2D eigenvalue weighted by Crippen LogP contribution is 2.09. The maximum absolute atomic E-state index is 13.5. The van der Waals surface area contributed by atoms with Crippen molar-refractivity contribution < 1.29 is 13.6 Å². The molecule has 0 unspecified atom stereocenters. The molecule has 2 rings (SSSR count). The van der Waals surface area contributed by atoms with Gasteiger partial charge in [0.1, 0.15) is 11.6 Å². The fourth-order valence-corrected chi connectivity index (χ4v) is 1.97. The number of rotatable bonds is 5. The highest BCUT2D eigenvalue weighted by Gasteiger charge is 2.11. The third-order valence-electron chi connectivity index (χ3n) is 3.08. The summed E-state index contributed by atoms with van der Waals surface area (Å²) < 4.78 is 26.5. The lowest BCUT2D eigenvalue weighted by molar-refractivity contribution is 0.0950. The van der Waals surface area contributed by atoms with Crippen LogP contribution in [-0.4, -0.2) is 11.6 Å². The molecule has 0 fully saturated rings. The first-order chi connectivity index (χ1) is 10.6. The van der Waals surface area contributed by atoms with Crippen molar-refractivity contribution in [3.63, 3.8) is 0 Å². The summed E-state index contributed by atoms with van der Waals surface area (Å²) in [5.41, 5.74) is 3.62. The minimum atomic E-state index is -0.617. The molecular formula is C17H16F2N2O. The molecule has 0 atom stereocenters. The first-order valence-corrected chi connectivity index (χ1v) is 6.99. The monoisotopic (exact) mass is 302 g/mol. The van der Waals surface area contributed by atoms with Crippen molar-refractivity contribution >= 4 is 11.6 Å². The zero-order valence-electron chi connectivity index (χ0n) is 12.1. The third kappa shape index (κ3) is 3.97. The maximum Gasteiger partial charge on any atom is 0.274 e. The van der Waals surface area contributed by atoms with Gasteiger partial charge < -0.3 is 0 Å². The summed E-state index contributed by atoms with van der Waals surface area (Å²) in [5, 5.41) is 4.06. The molecule has 0 spiro atoms. The molecule has 0 heterocycles. The predicted molar refractivity (Wildman–Crippen MR) is 81.7 cm³/mol. The molecule has 22 heavy (non-hydrogen) atoms. The number of carbonyl (C=O) groups is 1. The Bertz CT molecular complexity index is 681. The Morgan fingerprint density at radius 1 is 1.09 bits per heavy atom. The van der Waals surface area contributed by atoms with Gasteiger partial charge in [-0.05, 0) is 36.2 Å². The van der Waals surface area contributed by atoms with Crippen LogP contribution in [0.3, 0.4) is 0 Å². The second kappa shape index (κ2) is 7.45. The Kier molecular flexibility index (Phi) is 5.36. The van der Waals surface area contributed by atoms with Crippen LogP contribution in [-0.2, 0) is 0 Å². The van der Waals surface area contributed by atoms with E-state index < -0.39 is 11.7 Å². The summed E-state index contributed by atoms with van der Waals surface area (Å²) in [6.45, 7) is 1.97.